The molecule has 3 rings (SSSR count). The summed E-state index contributed by atoms with van der Waals surface area (Å²) in [7, 11) is 3.47. The minimum Gasteiger partial charge on any atom is -0.496 e. The van der Waals surface area contributed by atoms with Crippen LogP contribution < -0.4 is 15.4 Å². The summed E-state index contributed by atoms with van der Waals surface area (Å²) in [4.78, 5) is 4.31. The van der Waals surface area contributed by atoms with Gasteiger partial charge in [-0.2, -0.15) is 0 Å². The van der Waals surface area contributed by atoms with Crippen molar-refractivity contribution in [3.63, 3.8) is 0 Å². The van der Waals surface area contributed by atoms with Crippen LogP contribution in [0.25, 0.3) is 0 Å². The van der Waals surface area contributed by atoms with Crippen molar-refractivity contribution in [2.45, 2.75) is 24.9 Å². The molecular formula is C19H22ClN3O. The number of methoxy groups -OCH3 is 1. The Kier molecular flexibility index (Phi) is 5.26. The van der Waals surface area contributed by atoms with Crippen molar-refractivity contribution in [3.05, 3.63) is 64.7 Å². The molecule has 0 radical (unpaired) electrons. The first-order chi connectivity index (χ1) is 11.7. The van der Waals surface area contributed by atoms with Gasteiger partial charge in [-0.1, -0.05) is 41.9 Å². The monoisotopic (exact) mass is 343 g/mol. The summed E-state index contributed by atoms with van der Waals surface area (Å²) >= 11 is 6.08. The molecule has 0 aromatic heterocycles. The molecule has 1 aliphatic carbocycles. The van der Waals surface area contributed by atoms with E-state index in [-0.39, 0.29) is 0 Å². The van der Waals surface area contributed by atoms with E-state index in [0.29, 0.717) is 18.5 Å². The van der Waals surface area contributed by atoms with Crippen LogP contribution in [0.5, 0.6) is 5.75 Å². The van der Waals surface area contributed by atoms with E-state index in [1.807, 2.05) is 42.5 Å². The Labute approximate surface area is 147 Å². The van der Waals surface area contributed by atoms with E-state index in [9.17, 15) is 0 Å². The van der Waals surface area contributed by atoms with Gasteiger partial charge in [0, 0.05) is 36.1 Å². The molecule has 2 N–H and O–H groups in total. The summed E-state index contributed by atoms with van der Waals surface area (Å²) in [6.07, 6.45) is 1.09. The second-order valence-corrected chi connectivity index (χ2v) is 6.32. The smallest absolute Gasteiger partial charge is 0.191 e. The topological polar surface area (TPSA) is 45.7 Å². The number of nitrogens with one attached hydrogen (secondary N) is 2. The lowest BCUT2D eigenvalue weighted by Crippen LogP contribution is -2.38. The number of hydrogen-bond acceptors (Lipinski definition) is 2. The standard InChI is InChI=1S/C19H22ClN3O/c1-21-19(22-12-14-6-3-4-9-18(14)24-2)23-17-11-16(17)13-7-5-8-15(20)10-13/h3-10,16-17H,11-12H2,1-2H3,(H2,21,22,23). The van der Waals surface area contributed by atoms with Crippen molar-refractivity contribution in [2.24, 2.45) is 4.99 Å². The maximum absolute atomic E-state index is 6.08. The zero-order valence-electron chi connectivity index (χ0n) is 13.9. The minimum atomic E-state index is 0.396. The van der Waals surface area contributed by atoms with Crippen molar-refractivity contribution in [1.29, 1.82) is 0 Å². The summed E-state index contributed by atoms with van der Waals surface area (Å²) in [5.74, 6) is 2.17. The summed E-state index contributed by atoms with van der Waals surface area (Å²) in [5, 5.41) is 7.61. The Balaban J connectivity index is 1.55. The summed E-state index contributed by atoms with van der Waals surface area (Å²) in [6.45, 7) is 0.665. The molecule has 0 bridgehead atoms. The van der Waals surface area contributed by atoms with Gasteiger partial charge < -0.3 is 15.4 Å². The zero-order valence-corrected chi connectivity index (χ0v) is 14.7. The quantitative estimate of drug-likeness (QED) is 0.644. The van der Waals surface area contributed by atoms with Crippen LogP contribution in [0.15, 0.2) is 53.5 Å². The Bertz CT molecular complexity index is 732. The molecule has 1 aliphatic rings. The first-order valence-corrected chi connectivity index (χ1v) is 8.43. The fraction of sp³-hybridized carbons (Fsp3) is 0.316. The fourth-order valence-corrected chi connectivity index (χ4v) is 3.06. The predicted molar refractivity (Wildman–Crippen MR) is 98.9 cm³/mol. The van der Waals surface area contributed by atoms with Crippen LogP contribution in [0, 0.1) is 0 Å². The molecule has 1 saturated carbocycles. The Morgan fingerprint density at radius 1 is 1.25 bits per heavy atom. The Morgan fingerprint density at radius 2 is 2.08 bits per heavy atom. The van der Waals surface area contributed by atoms with E-state index in [0.717, 1.165) is 28.7 Å². The van der Waals surface area contributed by atoms with Gasteiger partial charge >= 0.3 is 0 Å². The number of benzene rings is 2. The van der Waals surface area contributed by atoms with E-state index in [2.05, 4.69) is 21.7 Å². The SMILES string of the molecule is CN=C(NCc1ccccc1OC)NC1CC1c1cccc(Cl)c1. The van der Waals surface area contributed by atoms with Gasteiger partial charge in [0.05, 0.1) is 7.11 Å². The van der Waals surface area contributed by atoms with Crippen LogP contribution in [0.3, 0.4) is 0 Å². The number of nitrogens with zero attached hydrogens (tertiary/aromatic N) is 1. The van der Waals surface area contributed by atoms with Gasteiger partial charge in [-0.15, -0.1) is 0 Å². The third kappa shape index (κ3) is 4.01. The highest BCUT2D eigenvalue weighted by molar-refractivity contribution is 6.30. The molecule has 2 aromatic carbocycles. The molecule has 2 atom stereocenters. The number of rotatable bonds is 5. The van der Waals surface area contributed by atoms with Gasteiger partial charge in [0.1, 0.15) is 5.75 Å². The second kappa shape index (κ2) is 7.58. The second-order valence-electron chi connectivity index (χ2n) is 5.89. The van der Waals surface area contributed by atoms with E-state index in [4.69, 9.17) is 16.3 Å². The molecule has 24 heavy (non-hydrogen) atoms. The van der Waals surface area contributed by atoms with Crippen LogP contribution in [0.1, 0.15) is 23.5 Å². The normalized spacial score (nSPS) is 19.7. The molecule has 1 fully saturated rings. The molecule has 5 heteroatoms. The zero-order chi connectivity index (χ0) is 16.9. The summed E-state index contributed by atoms with van der Waals surface area (Å²) in [5.41, 5.74) is 2.38. The predicted octanol–water partition coefficient (Wildman–Crippen LogP) is 3.57. The van der Waals surface area contributed by atoms with E-state index < -0.39 is 0 Å². The number of para-hydroxylation sites is 1. The average Bonchev–Trinajstić information content (AvgIpc) is 3.38. The number of halogens is 1. The maximum Gasteiger partial charge on any atom is 0.191 e. The van der Waals surface area contributed by atoms with Crippen molar-refractivity contribution in [3.8, 4) is 5.75 Å². The molecule has 0 aliphatic heterocycles. The highest BCUT2D eigenvalue weighted by Crippen LogP contribution is 2.41. The number of hydrogen-bond donors (Lipinski definition) is 2. The van der Waals surface area contributed by atoms with Crippen molar-refractivity contribution >= 4 is 17.6 Å². The molecule has 4 nitrogen and oxygen atoms in total. The molecule has 2 unspecified atom stereocenters. The number of aliphatic imine (C=N–C) groups is 1. The van der Waals surface area contributed by atoms with E-state index in [1.165, 1.54) is 5.56 Å². The molecule has 0 amide bonds. The molecule has 2 aromatic rings. The van der Waals surface area contributed by atoms with Crippen molar-refractivity contribution in [1.82, 2.24) is 10.6 Å². The number of ether oxygens (including phenoxy) is 1. The molecule has 0 saturated heterocycles. The lowest BCUT2D eigenvalue weighted by molar-refractivity contribution is 0.409. The fourth-order valence-electron chi connectivity index (χ4n) is 2.86. The third-order valence-electron chi connectivity index (χ3n) is 4.25. The lowest BCUT2D eigenvalue weighted by atomic mass is 10.1. The van der Waals surface area contributed by atoms with Gasteiger partial charge in [-0.05, 0) is 30.2 Å². The summed E-state index contributed by atoms with van der Waals surface area (Å²) < 4.78 is 5.38. The van der Waals surface area contributed by atoms with Crippen LogP contribution in [0.4, 0.5) is 0 Å². The van der Waals surface area contributed by atoms with Crippen LogP contribution in [-0.4, -0.2) is 26.2 Å². The van der Waals surface area contributed by atoms with Gasteiger partial charge in [0.25, 0.3) is 0 Å². The first-order valence-electron chi connectivity index (χ1n) is 8.06. The van der Waals surface area contributed by atoms with Gasteiger partial charge in [-0.25, -0.2) is 0 Å². The highest BCUT2D eigenvalue weighted by atomic mass is 35.5. The van der Waals surface area contributed by atoms with Gasteiger partial charge in [0.15, 0.2) is 5.96 Å². The minimum absolute atomic E-state index is 0.396. The van der Waals surface area contributed by atoms with Crippen molar-refractivity contribution in [2.75, 3.05) is 14.2 Å². The third-order valence-corrected chi connectivity index (χ3v) is 4.49. The largest absolute Gasteiger partial charge is 0.496 e. The molecule has 126 valence electrons. The highest BCUT2D eigenvalue weighted by Gasteiger charge is 2.39. The molecule has 0 heterocycles. The molecule has 0 spiro atoms. The Morgan fingerprint density at radius 3 is 2.83 bits per heavy atom. The van der Waals surface area contributed by atoms with Crippen molar-refractivity contribution < 1.29 is 4.74 Å². The van der Waals surface area contributed by atoms with Crippen LogP contribution in [0.2, 0.25) is 5.02 Å². The average molecular weight is 344 g/mol. The van der Waals surface area contributed by atoms with Gasteiger partial charge in [0.2, 0.25) is 0 Å². The maximum atomic E-state index is 6.08. The van der Waals surface area contributed by atoms with Crippen LogP contribution >= 0.6 is 11.6 Å². The summed E-state index contributed by atoms with van der Waals surface area (Å²) in [6, 6.07) is 16.5. The first kappa shape index (κ1) is 16.7. The molecular weight excluding hydrogens is 322 g/mol. The lowest BCUT2D eigenvalue weighted by Gasteiger charge is -2.13. The van der Waals surface area contributed by atoms with E-state index >= 15 is 0 Å². The Hall–Kier alpha value is -2.20. The van der Waals surface area contributed by atoms with E-state index in [1.54, 1.807) is 14.2 Å². The number of guanidine groups is 1. The van der Waals surface area contributed by atoms with Crippen LogP contribution in [-0.2, 0) is 6.54 Å². The van der Waals surface area contributed by atoms with Gasteiger partial charge in [-0.3, -0.25) is 4.99 Å².